The summed E-state index contributed by atoms with van der Waals surface area (Å²) in [4.78, 5) is 10.8. The van der Waals surface area contributed by atoms with E-state index >= 15 is 0 Å². The third-order valence-electron chi connectivity index (χ3n) is 3.43. The molecule has 1 aromatic carbocycles. The van der Waals surface area contributed by atoms with Gasteiger partial charge in [-0.15, -0.1) is 0 Å². The number of carbonyl (C=O) groups is 1. The van der Waals surface area contributed by atoms with Crippen LogP contribution >= 0.6 is 11.6 Å². The summed E-state index contributed by atoms with van der Waals surface area (Å²) in [6, 6.07) is 8.58. The van der Waals surface area contributed by atoms with Crippen molar-refractivity contribution in [2.45, 2.75) is 19.3 Å². The van der Waals surface area contributed by atoms with Crippen LogP contribution in [-0.2, 0) is 6.42 Å². The number of aromatic carboxylic acids is 1. The molecule has 0 saturated heterocycles. The summed E-state index contributed by atoms with van der Waals surface area (Å²) in [7, 11) is 0. The average Bonchev–Trinajstić information content (AvgIpc) is 3.15. The summed E-state index contributed by atoms with van der Waals surface area (Å²) in [5.41, 5.74) is 0.898. The molecule has 1 heterocycles. The molecule has 4 nitrogen and oxygen atoms in total. The molecule has 0 amide bonds. The molecule has 5 heteroatoms. The molecule has 0 spiro atoms. The summed E-state index contributed by atoms with van der Waals surface area (Å²) in [6.07, 6.45) is 2.90. The van der Waals surface area contributed by atoms with E-state index in [0.717, 1.165) is 11.3 Å². The molecular weight excluding hydrogens is 292 g/mol. The third-order valence-corrected chi connectivity index (χ3v) is 3.67. The van der Waals surface area contributed by atoms with Crippen LogP contribution in [0.25, 0.3) is 0 Å². The van der Waals surface area contributed by atoms with E-state index in [1.807, 2.05) is 12.1 Å². The van der Waals surface area contributed by atoms with Crippen molar-refractivity contribution in [1.29, 1.82) is 0 Å². The first-order valence-corrected chi connectivity index (χ1v) is 7.23. The number of furan rings is 1. The van der Waals surface area contributed by atoms with Crippen molar-refractivity contribution in [2.75, 3.05) is 6.61 Å². The van der Waals surface area contributed by atoms with Crippen LogP contribution in [0, 0.1) is 5.92 Å². The Morgan fingerprint density at radius 3 is 2.81 bits per heavy atom. The zero-order chi connectivity index (χ0) is 14.8. The fraction of sp³-hybridized carbons (Fsp3) is 0.312. The van der Waals surface area contributed by atoms with Crippen LogP contribution in [0.1, 0.15) is 34.7 Å². The lowest BCUT2D eigenvalue weighted by Crippen LogP contribution is -2.02. The van der Waals surface area contributed by atoms with Crippen molar-refractivity contribution in [2.24, 2.45) is 5.92 Å². The Bertz CT molecular complexity index is 658. The molecular formula is C16H15ClO4. The minimum atomic E-state index is -1.07. The van der Waals surface area contributed by atoms with Gasteiger partial charge in [0, 0.05) is 17.0 Å². The van der Waals surface area contributed by atoms with E-state index in [4.69, 9.17) is 25.9 Å². The van der Waals surface area contributed by atoms with E-state index in [-0.39, 0.29) is 5.76 Å². The Morgan fingerprint density at radius 2 is 2.14 bits per heavy atom. The highest BCUT2D eigenvalue weighted by Gasteiger charge is 2.22. The van der Waals surface area contributed by atoms with Crippen molar-refractivity contribution in [3.63, 3.8) is 0 Å². The summed E-state index contributed by atoms with van der Waals surface area (Å²) in [5.74, 6) is 0.881. The van der Waals surface area contributed by atoms with Gasteiger partial charge in [-0.1, -0.05) is 11.6 Å². The maximum Gasteiger partial charge on any atom is 0.371 e. The Morgan fingerprint density at radius 1 is 1.33 bits per heavy atom. The highest BCUT2D eigenvalue weighted by atomic mass is 35.5. The lowest BCUT2D eigenvalue weighted by Gasteiger charge is -2.11. The third kappa shape index (κ3) is 3.58. The Hall–Kier alpha value is -1.94. The van der Waals surface area contributed by atoms with Gasteiger partial charge in [-0.25, -0.2) is 4.79 Å². The Labute approximate surface area is 127 Å². The first-order valence-electron chi connectivity index (χ1n) is 6.85. The smallest absolute Gasteiger partial charge is 0.371 e. The SMILES string of the molecule is O=C(O)c1ccc(Cc2cc(Cl)ccc2OCC2CC2)o1. The van der Waals surface area contributed by atoms with Crippen LogP contribution < -0.4 is 4.74 Å². The molecule has 1 N–H and O–H groups in total. The molecule has 2 aromatic rings. The predicted molar refractivity (Wildman–Crippen MR) is 78.1 cm³/mol. The molecule has 1 aliphatic rings. The van der Waals surface area contributed by atoms with Gasteiger partial charge in [0.05, 0.1) is 6.61 Å². The largest absolute Gasteiger partial charge is 0.493 e. The number of carboxylic acid groups (broad SMARTS) is 1. The van der Waals surface area contributed by atoms with E-state index in [2.05, 4.69) is 0 Å². The lowest BCUT2D eigenvalue weighted by atomic mass is 10.1. The molecule has 0 atom stereocenters. The molecule has 0 bridgehead atoms. The molecule has 1 saturated carbocycles. The fourth-order valence-electron chi connectivity index (χ4n) is 2.09. The second-order valence-electron chi connectivity index (χ2n) is 5.25. The molecule has 0 radical (unpaired) electrons. The van der Waals surface area contributed by atoms with Gasteiger partial charge in [0.15, 0.2) is 0 Å². The van der Waals surface area contributed by atoms with E-state index in [1.165, 1.54) is 18.9 Å². The van der Waals surface area contributed by atoms with Crippen molar-refractivity contribution in [3.8, 4) is 5.75 Å². The molecule has 1 aliphatic carbocycles. The summed E-state index contributed by atoms with van der Waals surface area (Å²) in [5, 5.41) is 9.49. The summed E-state index contributed by atoms with van der Waals surface area (Å²) >= 11 is 6.03. The topological polar surface area (TPSA) is 59.7 Å². The van der Waals surface area contributed by atoms with Gasteiger partial charge in [0.25, 0.3) is 0 Å². The van der Waals surface area contributed by atoms with Crippen LogP contribution in [0.2, 0.25) is 5.02 Å². The number of hydrogen-bond acceptors (Lipinski definition) is 3. The Balaban J connectivity index is 1.77. The number of halogens is 1. The number of carboxylic acids is 1. The maximum atomic E-state index is 10.8. The first-order chi connectivity index (χ1) is 10.1. The van der Waals surface area contributed by atoms with E-state index in [1.54, 1.807) is 12.1 Å². The van der Waals surface area contributed by atoms with Crippen LogP contribution in [-0.4, -0.2) is 17.7 Å². The summed E-state index contributed by atoms with van der Waals surface area (Å²) < 4.78 is 11.1. The highest BCUT2D eigenvalue weighted by Crippen LogP contribution is 2.32. The van der Waals surface area contributed by atoms with Gasteiger partial charge >= 0.3 is 5.97 Å². The highest BCUT2D eigenvalue weighted by molar-refractivity contribution is 6.30. The van der Waals surface area contributed by atoms with Crippen LogP contribution in [0.15, 0.2) is 34.7 Å². The maximum absolute atomic E-state index is 10.8. The van der Waals surface area contributed by atoms with Gasteiger partial charge in [-0.3, -0.25) is 0 Å². The molecule has 3 rings (SSSR count). The standard InChI is InChI=1S/C16H15ClO4/c17-12-3-5-14(20-9-10-1-2-10)11(7-12)8-13-4-6-15(21-13)16(18)19/h3-7,10H,1-2,8-9H2,(H,18,19). The molecule has 0 unspecified atom stereocenters. The average molecular weight is 307 g/mol. The first kappa shape index (κ1) is 14.0. The zero-order valence-corrected chi connectivity index (χ0v) is 12.1. The quantitative estimate of drug-likeness (QED) is 0.876. The molecule has 110 valence electrons. The van der Waals surface area contributed by atoms with Crippen LogP contribution in [0.4, 0.5) is 0 Å². The van der Waals surface area contributed by atoms with Gasteiger partial charge < -0.3 is 14.3 Å². The van der Waals surface area contributed by atoms with Crippen molar-refractivity contribution < 1.29 is 19.1 Å². The monoisotopic (exact) mass is 306 g/mol. The lowest BCUT2D eigenvalue weighted by molar-refractivity contribution is 0.0660. The number of ether oxygens (including phenoxy) is 1. The van der Waals surface area contributed by atoms with Gasteiger partial charge in [0.2, 0.25) is 5.76 Å². The van der Waals surface area contributed by atoms with Crippen molar-refractivity contribution in [1.82, 2.24) is 0 Å². The fourth-order valence-corrected chi connectivity index (χ4v) is 2.29. The van der Waals surface area contributed by atoms with E-state index in [0.29, 0.717) is 29.7 Å². The van der Waals surface area contributed by atoms with E-state index in [9.17, 15) is 4.79 Å². The second kappa shape index (κ2) is 5.82. The van der Waals surface area contributed by atoms with Crippen molar-refractivity contribution >= 4 is 17.6 Å². The summed E-state index contributed by atoms with van der Waals surface area (Å²) in [6.45, 7) is 0.715. The van der Waals surface area contributed by atoms with Gasteiger partial charge in [0.1, 0.15) is 11.5 Å². The van der Waals surface area contributed by atoms with E-state index < -0.39 is 5.97 Å². The number of hydrogen-bond donors (Lipinski definition) is 1. The minimum Gasteiger partial charge on any atom is -0.493 e. The molecule has 1 aromatic heterocycles. The molecule has 21 heavy (non-hydrogen) atoms. The minimum absolute atomic E-state index is 0.0625. The molecule has 1 fully saturated rings. The Kier molecular flexibility index (Phi) is 3.88. The predicted octanol–water partition coefficient (Wildman–Crippen LogP) is 4.01. The zero-order valence-electron chi connectivity index (χ0n) is 11.3. The normalized spacial score (nSPS) is 14.1. The second-order valence-corrected chi connectivity index (χ2v) is 5.69. The molecule has 0 aliphatic heterocycles. The van der Waals surface area contributed by atoms with Crippen LogP contribution in [0.5, 0.6) is 5.75 Å². The van der Waals surface area contributed by atoms with Crippen LogP contribution in [0.3, 0.4) is 0 Å². The van der Waals surface area contributed by atoms with Gasteiger partial charge in [-0.2, -0.15) is 0 Å². The number of benzene rings is 1. The number of rotatable bonds is 6. The van der Waals surface area contributed by atoms with Gasteiger partial charge in [-0.05, 0) is 49.1 Å². The van der Waals surface area contributed by atoms with Crippen molar-refractivity contribution in [3.05, 3.63) is 52.4 Å².